The molecule has 1 heterocycles. The van der Waals surface area contributed by atoms with E-state index >= 15 is 0 Å². The van der Waals surface area contributed by atoms with Crippen molar-refractivity contribution in [3.05, 3.63) is 64.2 Å². The first kappa shape index (κ1) is 20.6. The molecule has 0 unspecified atom stereocenters. The number of nitrogens with zero attached hydrogens (tertiary/aromatic N) is 3. The topological polar surface area (TPSA) is 75.9 Å². The Labute approximate surface area is 171 Å². The summed E-state index contributed by atoms with van der Waals surface area (Å²) in [5, 5.41) is 11.3. The zero-order valence-electron chi connectivity index (χ0n) is 16.9. The quantitative estimate of drug-likeness (QED) is 0.524. The minimum atomic E-state index is -0.350. The Hall–Kier alpha value is -3.09. The number of rotatable bonds is 7. The third kappa shape index (κ3) is 5.04. The largest absolute Gasteiger partial charge is 0.494 e. The van der Waals surface area contributed by atoms with Gasteiger partial charge in [0, 0.05) is 38.7 Å². The van der Waals surface area contributed by atoms with Crippen LogP contribution in [0, 0.1) is 16.0 Å². The second-order valence-electron chi connectivity index (χ2n) is 7.28. The Bertz CT molecular complexity index is 845. The summed E-state index contributed by atoms with van der Waals surface area (Å²) in [5.41, 5.74) is 1.80. The normalized spacial score (nSPS) is 14.5. The van der Waals surface area contributed by atoms with Gasteiger partial charge in [0.05, 0.1) is 11.5 Å². The summed E-state index contributed by atoms with van der Waals surface area (Å²) in [5.74, 6) is 0.899. The molecule has 2 aromatic rings. The number of anilines is 1. The lowest BCUT2D eigenvalue weighted by atomic mass is 9.94. The lowest BCUT2D eigenvalue weighted by molar-refractivity contribution is -0.384. The number of benzene rings is 2. The van der Waals surface area contributed by atoms with Crippen LogP contribution in [0.15, 0.2) is 48.5 Å². The Morgan fingerprint density at radius 2 is 1.83 bits per heavy atom. The molecule has 0 N–H and O–H groups in total. The average molecular weight is 397 g/mol. The van der Waals surface area contributed by atoms with Gasteiger partial charge in [-0.2, -0.15) is 0 Å². The van der Waals surface area contributed by atoms with Gasteiger partial charge in [-0.3, -0.25) is 14.9 Å². The van der Waals surface area contributed by atoms with E-state index in [0.29, 0.717) is 44.8 Å². The number of nitro groups is 1. The van der Waals surface area contributed by atoms with Crippen molar-refractivity contribution in [1.29, 1.82) is 0 Å². The number of hydrogen-bond donors (Lipinski definition) is 0. The van der Waals surface area contributed by atoms with Crippen LogP contribution in [0.4, 0.5) is 11.4 Å². The smallest absolute Gasteiger partial charge is 0.292 e. The molecule has 0 radical (unpaired) electrons. The van der Waals surface area contributed by atoms with E-state index in [1.807, 2.05) is 49.2 Å². The molecule has 0 bridgehead atoms. The van der Waals surface area contributed by atoms with Crippen LogP contribution in [-0.4, -0.2) is 42.5 Å². The fourth-order valence-electron chi connectivity index (χ4n) is 3.77. The van der Waals surface area contributed by atoms with Crippen molar-refractivity contribution in [3.63, 3.8) is 0 Å². The van der Waals surface area contributed by atoms with E-state index in [1.165, 1.54) is 6.07 Å². The maximum absolute atomic E-state index is 12.9. The van der Waals surface area contributed by atoms with Gasteiger partial charge in [0.15, 0.2) is 0 Å². The number of amides is 1. The Morgan fingerprint density at radius 1 is 1.17 bits per heavy atom. The number of piperidine rings is 1. The maximum Gasteiger partial charge on any atom is 0.292 e. The fraction of sp³-hybridized carbons (Fsp3) is 0.409. The molecular formula is C22H27N3O4. The van der Waals surface area contributed by atoms with Crippen LogP contribution in [0.3, 0.4) is 0 Å². The number of carbonyl (C=O) groups is 1. The first-order chi connectivity index (χ1) is 14.0. The van der Waals surface area contributed by atoms with E-state index in [1.54, 1.807) is 17.0 Å². The molecule has 7 heteroatoms. The van der Waals surface area contributed by atoms with Crippen LogP contribution in [0.2, 0.25) is 0 Å². The Kier molecular flexibility index (Phi) is 6.69. The van der Waals surface area contributed by atoms with Crippen molar-refractivity contribution in [1.82, 2.24) is 4.90 Å². The molecule has 0 spiro atoms. The minimum Gasteiger partial charge on any atom is -0.494 e. The highest BCUT2D eigenvalue weighted by atomic mass is 16.6. The molecule has 1 saturated heterocycles. The number of carbonyl (C=O) groups excluding carboxylic acids is 1. The summed E-state index contributed by atoms with van der Waals surface area (Å²) < 4.78 is 5.45. The monoisotopic (exact) mass is 397 g/mol. The molecule has 1 aliphatic rings. The summed E-state index contributed by atoms with van der Waals surface area (Å²) in [7, 11) is 1.83. The molecule has 0 atom stereocenters. The molecule has 29 heavy (non-hydrogen) atoms. The molecular weight excluding hydrogens is 370 g/mol. The Morgan fingerprint density at radius 3 is 2.45 bits per heavy atom. The van der Waals surface area contributed by atoms with E-state index < -0.39 is 0 Å². The van der Waals surface area contributed by atoms with Crippen LogP contribution >= 0.6 is 0 Å². The van der Waals surface area contributed by atoms with Gasteiger partial charge in [-0.05, 0) is 43.5 Å². The van der Waals surface area contributed by atoms with Crippen molar-refractivity contribution in [2.45, 2.75) is 26.3 Å². The van der Waals surface area contributed by atoms with Crippen molar-refractivity contribution in [3.8, 4) is 5.75 Å². The van der Waals surface area contributed by atoms with Crippen LogP contribution in [0.25, 0.3) is 0 Å². The molecule has 7 nitrogen and oxygen atoms in total. The van der Waals surface area contributed by atoms with E-state index in [4.69, 9.17) is 4.74 Å². The van der Waals surface area contributed by atoms with Gasteiger partial charge in [0.2, 0.25) is 5.91 Å². The van der Waals surface area contributed by atoms with Crippen LogP contribution in [0.5, 0.6) is 5.75 Å². The second-order valence-corrected chi connectivity index (χ2v) is 7.28. The van der Waals surface area contributed by atoms with Crippen molar-refractivity contribution < 1.29 is 14.5 Å². The summed E-state index contributed by atoms with van der Waals surface area (Å²) in [6.07, 6.45) is 1.39. The van der Waals surface area contributed by atoms with Gasteiger partial charge in [-0.25, -0.2) is 0 Å². The molecule has 1 aliphatic heterocycles. The van der Waals surface area contributed by atoms with E-state index in [0.717, 1.165) is 11.3 Å². The highest BCUT2D eigenvalue weighted by Crippen LogP contribution is 2.31. The van der Waals surface area contributed by atoms with Gasteiger partial charge in [0.25, 0.3) is 5.69 Å². The molecule has 0 aromatic heterocycles. The first-order valence-electron chi connectivity index (χ1n) is 9.94. The molecule has 1 fully saturated rings. The third-order valence-corrected chi connectivity index (χ3v) is 5.29. The van der Waals surface area contributed by atoms with Gasteiger partial charge < -0.3 is 14.5 Å². The van der Waals surface area contributed by atoms with Gasteiger partial charge in [-0.15, -0.1) is 0 Å². The Balaban J connectivity index is 1.56. The highest BCUT2D eigenvalue weighted by Gasteiger charge is 2.29. The summed E-state index contributed by atoms with van der Waals surface area (Å²) in [6.45, 7) is 4.40. The zero-order chi connectivity index (χ0) is 20.8. The SMILES string of the molecule is CCOc1ccc(CN(C)C(=O)C2CCN(c3ccccc3[N+](=O)[O-])CC2)cc1. The molecule has 0 saturated carbocycles. The minimum absolute atomic E-state index is 0.0540. The van der Waals surface area contributed by atoms with E-state index in [2.05, 4.69) is 0 Å². The number of hydrogen-bond acceptors (Lipinski definition) is 5. The number of nitro benzene ring substituents is 1. The van der Waals surface area contributed by atoms with Gasteiger partial charge in [0.1, 0.15) is 11.4 Å². The average Bonchev–Trinajstić information content (AvgIpc) is 2.75. The van der Waals surface area contributed by atoms with E-state index in [9.17, 15) is 14.9 Å². The molecule has 154 valence electrons. The lowest BCUT2D eigenvalue weighted by Gasteiger charge is -2.34. The van der Waals surface area contributed by atoms with Crippen molar-refractivity contribution in [2.24, 2.45) is 5.92 Å². The number of para-hydroxylation sites is 2. The maximum atomic E-state index is 12.9. The standard InChI is InChI=1S/C22H27N3O4/c1-3-29-19-10-8-17(9-11-19)16-23(2)22(26)18-12-14-24(15-13-18)20-6-4-5-7-21(20)25(27)28/h4-11,18H,3,12-16H2,1-2H3. The summed E-state index contributed by atoms with van der Waals surface area (Å²) >= 11 is 0. The first-order valence-corrected chi connectivity index (χ1v) is 9.94. The lowest BCUT2D eigenvalue weighted by Crippen LogP contribution is -2.41. The molecule has 1 amide bonds. The highest BCUT2D eigenvalue weighted by molar-refractivity contribution is 5.79. The molecule has 2 aromatic carbocycles. The predicted octanol–water partition coefficient (Wildman–Crippen LogP) is 3.87. The zero-order valence-corrected chi connectivity index (χ0v) is 16.9. The van der Waals surface area contributed by atoms with Crippen LogP contribution < -0.4 is 9.64 Å². The second kappa shape index (κ2) is 9.41. The van der Waals surface area contributed by atoms with Gasteiger partial charge in [-0.1, -0.05) is 24.3 Å². The van der Waals surface area contributed by atoms with Crippen molar-refractivity contribution >= 4 is 17.3 Å². The fourth-order valence-corrected chi connectivity index (χ4v) is 3.77. The van der Waals surface area contributed by atoms with Crippen LogP contribution in [-0.2, 0) is 11.3 Å². The summed E-state index contributed by atoms with van der Waals surface area (Å²) in [6, 6.07) is 14.6. The number of ether oxygens (including phenoxy) is 1. The summed E-state index contributed by atoms with van der Waals surface area (Å²) in [4.78, 5) is 27.6. The van der Waals surface area contributed by atoms with Crippen LogP contribution in [0.1, 0.15) is 25.3 Å². The van der Waals surface area contributed by atoms with E-state index in [-0.39, 0.29) is 22.4 Å². The van der Waals surface area contributed by atoms with Gasteiger partial charge >= 0.3 is 0 Å². The third-order valence-electron chi connectivity index (χ3n) is 5.29. The molecule has 3 rings (SSSR count). The molecule has 0 aliphatic carbocycles. The predicted molar refractivity (Wildman–Crippen MR) is 112 cm³/mol. The van der Waals surface area contributed by atoms with Crippen molar-refractivity contribution in [2.75, 3.05) is 31.6 Å².